The smallest absolute Gasteiger partial charge is 0.344 e. The minimum absolute atomic E-state index is 0.438. The Balaban J connectivity index is 2.80. The zero-order valence-electron chi connectivity index (χ0n) is 10.6. The van der Waals surface area contributed by atoms with Gasteiger partial charge in [-0.1, -0.05) is 29.8 Å². The van der Waals surface area contributed by atoms with E-state index in [1.165, 1.54) is 0 Å². The second-order valence-electron chi connectivity index (χ2n) is 3.89. The molecular weight excluding hydrogens is 298 g/mol. The van der Waals surface area contributed by atoms with Gasteiger partial charge in [0.15, 0.2) is 6.10 Å². The first kappa shape index (κ1) is 15.0. The fourth-order valence-corrected chi connectivity index (χ4v) is 1.88. The highest BCUT2D eigenvalue weighted by atomic mass is 79.9. The lowest BCUT2D eigenvalue weighted by Crippen LogP contribution is -2.26. The highest BCUT2D eigenvalue weighted by molar-refractivity contribution is 9.10. The maximum atomic E-state index is 10.9. The molecular formula is C13H18BrNO3. The van der Waals surface area contributed by atoms with Crippen molar-refractivity contribution < 1.29 is 14.6 Å². The molecule has 18 heavy (non-hydrogen) atoms. The van der Waals surface area contributed by atoms with E-state index in [0.29, 0.717) is 12.2 Å². The molecule has 5 heteroatoms. The molecule has 0 aliphatic rings. The third-order valence-electron chi connectivity index (χ3n) is 2.51. The molecule has 0 aliphatic heterocycles. The molecule has 1 rings (SSSR count). The van der Waals surface area contributed by atoms with E-state index in [1.807, 2.05) is 19.1 Å². The number of rotatable bonds is 7. The molecule has 0 aromatic heterocycles. The monoisotopic (exact) mass is 315 g/mol. The standard InChI is InChI=1S/C13H18BrNO3/c1-3-12(13(16)17)18-10-5-6-11(14)9(7-10)8-15-4-2/h5-7,12,15H,3-4,8H2,1-2H3,(H,16,17). The normalized spacial score (nSPS) is 12.2. The maximum Gasteiger partial charge on any atom is 0.344 e. The van der Waals surface area contributed by atoms with Crippen LogP contribution in [0.1, 0.15) is 25.8 Å². The molecule has 2 N–H and O–H groups in total. The summed E-state index contributed by atoms with van der Waals surface area (Å²) in [7, 11) is 0. The molecule has 1 aromatic rings. The van der Waals surface area contributed by atoms with Crippen LogP contribution in [0.4, 0.5) is 0 Å². The molecule has 0 heterocycles. The minimum Gasteiger partial charge on any atom is -0.479 e. The lowest BCUT2D eigenvalue weighted by atomic mass is 10.2. The Labute approximate surface area is 115 Å². The Bertz CT molecular complexity index is 409. The number of carbonyl (C=O) groups is 1. The van der Waals surface area contributed by atoms with Crippen LogP contribution in [-0.2, 0) is 11.3 Å². The van der Waals surface area contributed by atoms with Crippen molar-refractivity contribution in [3.05, 3.63) is 28.2 Å². The van der Waals surface area contributed by atoms with E-state index in [0.717, 1.165) is 23.1 Å². The molecule has 1 aromatic carbocycles. The molecule has 0 amide bonds. The number of halogens is 1. The molecule has 0 bridgehead atoms. The molecule has 0 radical (unpaired) electrons. The van der Waals surface area contributed by atoms with Crippen LogP contribution in [-0.4, -0.2) is 23.7 Å². The van der Waals surface area contributed by atoms with Gasteiger partial charge in [-0.25, -0.2) is 4.79 Å². The predicted octanol–water partition coefficient (Wildman–Crippen LogP) is 2.80. The summed E-state index contributed by atoms with van der Waals surface area (Å²) < 4.78 is 6.44. The summed E-state index contributed by atoms with van der Waals surface area (Å²) >= 11 is 3.46. The Morgan fingerprint density at radius 1 is 1.50 bits per heavy atom. The SMILES string of the molecule is CCNCc1cc(OC(CC)C(=O)O)ccc1Br. The van der Waals surface area contributed by atoms with E-state index in [4.69, 9.17) is 9.84 Å². The number of carboxylic acid groups (broad SMARTS) is 1. The van der Waals surface area contributed by atoms with Gasteiger partial charge < -0.3 is 15.2 Å². The van der Waals surface area contributed by atoms with Gasteiger partial charge in [-0.05, 0) is 36.7 Å². The van der Waals surface area contributed by atoms with Crippen LogP contribution in [0.25, 0.3) is 0 Å². The predicted molar refractivity (Wildman–Crippen MR) is 73.9 cm³/mol. The number of ether oxygens (including phenoxy) is 1. The van der Waals surface area contributed by atoms with Crippen molar-refractivity contribution >= 4 is 21.9 Å². The first-order valence-electron chi connectivity index (χ1n) is 5.97. The quantitative estimate of drug-likeness (QED) is 0.812. The number of nitrogens with one attached hydrogen (secondary N) is 1. The molecule has 0 fully saturated rings. The average molecular weight is 316 g/mol. The summed E-state index contributed by atoms with van der Waals surface area (Å²) in [4.78, 5) is 10.9. The van der Waals surface area contributed by atoms with Crippen molar-refractivity contribution in [1.29, 1.82) is 0 Å². The van der Waals surface area contributed by atoms with Crippen molar-refractivity contribution in [1.82, 2.24) is 5.32 Å². The molecule has 100 valence electrons. The number of benzene rings is 1. The number of hydrogen-bond acceptors (Lipinski definition) is 3. The zero-order chi connectivity index (χ0) is 13.5. The van der Waals surface area contributed by atoms with Crippen molar-refractivity contribution in [3.8, 4) is 5.75 Å². The summed E-state index contributed by atoms with van der Waals surface area (Å²) in [6, 6.07) is 5.50. The lowest BCUT2D eigenvalue weighted by Gasteiger charge is -2.14. The van der Waals surface area contributed by atoms with E-state index in [1.54, 1.807) is 13.0 Å². The highest BCUT2D eigenvalue weighted by Gasteiger charge is 2.17. The van der Waals surface area contributed by atoms with E-state index >= 15 is 0 Å². The van der Waals surface area contributed by atoms with Gasteiger partial charge in [-0.15, -0.1) is 0 Å². The van der Waals surface area contributed by atoms with Gasteiger partial charge in [0.2, 0.25) is 0 Å². The lowest BCUT2D eigenvalue weighted by molar-refractivity contribution is -0.145. The van der Waals surface area contributed by atoms with Gasteiger partial charge in [0.25, 0.3) is 0 Å². The first-order valence-corrected chi connectivity index (χ1v) is 6.76. The largest absolute Gasteiger partial charge is 0.479 e. The van der Waals surface area contributed by atoms with Gasteiger partial charge >= 0.3 is 5.97 Å². The summed E-state index contributed by atoms with van der Waals surface area (Å²) in [6.07, 6.45) is -0.355. The highest BCUT2D eigenvalue weighted by Crippen LogP contribution is 2.23. The fourth-order valence-electron chi connectivity index (χ4n) is 1.49. The third-order valence-corrected chi connectivity index (χ3v) is 3.28. The zero-order valence-corrected chi connectivity index (χ0v) is 12.2. The Hall–Kier alpha value is -1.07. The molecule has 4 nitrogen and oxygen atoms in total. The van der Waals surface area contributed by atoms with Crippen LogP contribution in [0, 0.1) is 0 Å². The maximum absolute atomic E-state index is 10.9. The fraction of sp³-hybridized carbons (Fsp3) is 0.462. The van der Waals surface area contributed by atoms with E-state index in [9.17, 15) is 4.79 Å². The van der Waals surface area contributed by atoms with Crippen molar-refractivity contribution in [3.63, 3.8) is 0 Å². The Morgan fingerprint density at radius 2 is 2.22 bits per heavy atom. The van der Waals surface area contributed by atoms with Crippen molar-refractivity contribution in [2.45, 2.75) is 32.9 Å². The van der Waals surface area contributed by atoms with E-state index in [2.05, 4.69) is 21.2 Å². The number of hydrogen-bond donors (Lipinski definition) is 2. The molecule has 0 saturated heterocycles. The van der Waals surface area contributed by atoms with Crippen molar-refractivity contribution in [2.75, 3.05) is 6.54 Å². The van der Waals surface area contributed by atoms with Gasteiger partial charge in [0.05, 0.1) is 0 Å². The third kappa shape index (κ3) is 4.31. The summed E-state index contributed by atoms with van der Waals surface area (Å²) in [5.41, 5.74) is 1.05. The summed E-state index contributed by atoms with van der Waals surface area (Å²) in [5, 5.41) is 12.2. The molecule has 0 saturated carbocycles. The van der Waals surface area contributed by atoms with Crippen LogP contribution in [0.3, 0.4) is 0 Å². The number of aliphatic carboxylic acids is 1. The summed E-state index contributed by atoms with van der Waals surface area (Å²) in [5.74, 6) is -0.353. The van der Waals surface area contributed by atoms with Gasteiger partial charge in [-0.3, -0.25) is 0 Å². The molecule has 0 spiro atoms. The van der Waals surface area contributed by atoms with Crippen LogP contribution >= 0.6 is 15.9 Å². The van der Waals surface area contributed by atoms with Gasteiger partial charge in [0.1, 0.15) is 5.75 Å². The second-order valence-corrected chi connectivity index (χ2v) is 4.74. The Kier molecular flexibility index (Phi) is 6.15. The molecule has 1 atom stereocenters. The Morgan fingerprint density at radius 3 is 2.78 bits per heavy atom. The molecule has 0 aliphatic carbocycles. The van der Waals surface area contributed by atoms with Crippen LogP contribution in [0.2, 0.25) is 0 Å². The van der Waals surface area contributed by atoms with E-state index in [-0.39, 0.29) is 0 Å². The topological polar surface area (TPSA) is 58.6 Å². The summed E-state index contributed by atoms with van der Waals surface area (Å²) in [6.45, 7) is 5.42. The van der Waals surface area contributed by atoms with Crippen LogP contribution < -0.4 is 10.1 Å². The first-order chi connectivity index (χ1) is 8.58. The minimum atomic E-state index is -0.936. The number of carboxylic acids is 1. The molecule has 1 unspecified atom stereocenters. The average Bonchev–Trinajstić information content (AvgIpc) is 2.35. The van der Waals surface area contributed by atoms with Crippen molar-refractivity contribution in [2.24, 2.45) is 0 Å². The van der Waals surface area contributed by atoms with Gasteiger partial charge in [-0.2, -0.15) is 0 Å². The second kappa shape index (κ2) is 7.38. The van der Waals surface area contributed by atoms with Crippen LogP contribution in [0.5, 0.6) is 5.75 Å². The van der Waals surface area contributed by atoms with Gasteiger partial charge in [0, 0.05) is 11.0 Å². The van der Waals surface area contributed by atoms with E-state index < -0.39 is 12.1 Å². The van der Waals surface area contributed by atoms with Crippen LogP contribution in [0.15, 0.2) is 22.7 Å².